The van der Waals surface area contributed by atoms with Gasteiger partial charge in [0.2, 0.25) is 0 Å². The number of rotatable bonds is 6. The molecule has 2 heteroatoms. The van der Waals surface area contributed by atoms with Crippen molar-refractivity contribution >= 4 is 0 Å². The predicted octanol–water partition coefficient (Wildman–Crippen LogP) is 2.02. The SMILES string of the molecule is CC(C)CC(CN)(CO)CC(C)C. The molecule has 0 fully saturated rings. The molecule has 0 aliphatic heterocycles. The van der Waals surface area contributed by atoms with Crippen LogP contribution < -0.4 is 5.73 Å². The molecule has 0 radical (unpaired) electrons. The molecule has 0 atom stereocenters. The highest BCUT2D eigenvalue weighted by molar-refractivity contribution is 4.81. The maximum atomic E-state index is 9.39. The van der Waals surface area contributed by atoms with Crippen LogP contribution >= 0.6 is 0 Å². The van der Waals surface area contributed by atoms with Crippen LogP contribution in [0.4, 0.5) is 0 Å². The van der Waals surface area contributed by atoms with Gasteiger partial charge in [-0.1, -0.05) is 27.7 Å². The molecule has 80 valence electrons. The zero-order valence-corrected chi connectivity index (χ0v) is 9.51. The second-order valence-corrected chi connectivity index (χ2v) is 5.06. The number of nitrogens with two attached hydrogens (primary N) is 1. The van der Waals surface area contributed by atoms with Crippen LogP contribution in [0.25, 0.3) is 0 Å². The van der Waals surface area contributed by atoms with Gasteiger partial charge in [0.05, 0.1) is 0 Å². The topological polar surface area (TPSA) is 46.2 Å². The first-order valence-electron chi connectivity index (χ1n) is 5.26. The monoisotopic (exact) mass is 187 g/mol. The van der Waals surface area contributed by atoms with Gasteiger partial charge in [0.15, 0.2) is 0 Å². The Labute approximate surface area is 82.5 Å². The van der Waals surface area contributed by atoms with Gasteiger partial charge in [-0.2, -0.15) is 0 Å². The summed E-state index contributed by atoms with van der Waals surface area (Å²) in [5.41, 5.74) is 5.72. The molecule has 0 aromatic rings. The average molecular weight is 187 g/mol. The summed E-state index contributed by atoms with van der Waals surface area (Å²) in [5, 5.41) is 9.39. The summed E-state index contributed by atoms with van der Waals surface area (Å²) in [5.74, 6) is 1.21. The largest absolute Gasteiger partial charge is 0.396 e. The lowest BCUT2D eigenvalue weighted by Gasteiger charge is -2.33. The van der Waals surface area contributed by atoms with Crippen molar-refractivity contribution in [2.24, 2.45) is 23.0 Å². The number of aliphatic hydroxyl groups excluding tert-OH is 1. The molecule has 0 aliphatic carbocycles. The standard InChI is InChI=1S/C11H25NO/c1-9(2)5-11(7-12,8-13)6-10(3)4/h9-10,13H,5-8,12H2,1-4H3. The average Bonchev–Trinajstić information content (AvgIpc) is 2.01. The Bertz CT molecular complexity index is 116. The minimum absolute atomic E-state index is 0.0394. The normalized spacial score (nSPS) is 12.9. The number of hydrogen-bond donors (Lipinski definition) is 2. The van der Waals surface area contributed by atoms with Crippen LogP contribution in [0.2, 0.25) is 0 Å². The molecule has 0 heterocycles. The highest BCUT2D eigenvalue weighted by Gasteiger charge is 2.29. The van der Waals surface area contributed by atoms with Crippen LogP contribution in [0.5, 0.6) is 0 Å². The van der Waals surface area contributed by atoms with E-state index in [1.54, 1.807) is 0 Å². The van der Waals surface area contributed by atoms with Crippen molar-refractivity contribution in [1.29, 1.82) is 0 Å². The third-order valence-electron chi connectivity index (χ3n) is 2.45. The maximum Gasteiger partial charge on any atom is 0.0499 e. The van der Waals surface area contributed by atoms with Gasteiger partial charge in [-0.25, -0.2) is 0 Å². The van der Waals surface area contributed by atoms with Crippen molar-refractivity contribution in [2.75, 3.05) is 13.2 Å². The Morgan fingerprint density at radius 1 is 1.08 bits per heavy atom. The molecule has 3 N–H and O–H groups in total. The highest BCUT2D eigenvalue weighted by Crippen LogP contribution is 2.32. The van der Waals surface area contributed by atoms with E-state index in [9.17, 15) is 5.11 Å². The molecule has 0 rings (SSSR count). The van der Waals surface area contributed by atoms with E-state index in [-0.39, 0.29) is 12.0 Å². The molecule has 0 amide bonds. The lowest BCUT2D eigenvalue weighted by molar-refractivity contribution is 0.0856. The molecule has 0 aliphatic rings. The summed E-state index contributed by atoms with van der Waals surface area (Å²) in [6.45, 7) is 9.54. The minimum Gasteiger partial charge on any atom is -0.396 e. The van der Waals surface area contributed by atoms with Crippen LogP contribution in [0.3, 0.4) is 0 Å². The van der Waals surface area contributed by atoms with Gasteiger partial charge in [-0.15, -0.1) is 0 Å². The first-order valence-corrected chi connectivity index (χ1v) is 5.26. The van der Waals surface area contributed by atoms with Crippen molar-refractivity contribution in [3.8, 4) is 0 Å². The first-order chi connectivity index (χ1) is 5.95. The lowest BCUT2D eigenvalue weighted by Crippen LogP contribution is -2.37. The molecular formula is C11H25NO. The Balaban J connectivity index is 4.30. The first kappa shape index (κ1) is 12.9. The molecule has 0 saturated heterocycles. The van der Waals surface area contributed by atoms with Gasteiger partial charge < -0.3 is 10.8 Å². The zero-order valence-electron chi connectivity index (χ0n) is 9.51. The Morgan fingerprint density at radius 3 is 1.62 bits per heavy atom. The molecule has 0 unspecified atom stereocenters. The maximum absolute atomic E-state index is 9.39. The molecule has 2 nitrogen and oxygen atoms in total. The zero-order chi connectivity index (χ0) is 10.5. The number of hydrogen-bond acceptors (Lipinski definition) is 2. The van der Waals surface area contributed by atoms with Gasteiger partial charge in [-0.3, -0.25) is 0 Å². The van der Waals surface area contributed by atoms with Crippen molar-refractivity contribution in [2.45, 2.75) is 40.5 Å². The van der Waals surface area contributed by atoms with E-state index in [1.165, 1.54) is 0 Å². The molecule has 0 bridgehead atoms. The van der Waals surface area contributed by atoms with Crippen LogP contribution in [-0.2, 0) is 0 Å². The molecule has 0 aromatic carbocycles. The lowest BCUT2D eigenvalue weighted by atomic mass is 9.75. The van der Waals surface area contributed by atoms with Gasteiger partial charge in [0.25, 0.3) is 0 Å². The Kier molecular flexibility index (Phi) is 5.57. The van der Waals surface area contributed by atoms with E-state index >= 15 is 0 Å². The summed E-state index contributed by atoms with van der Waals surface area (Å²) >= 11 is 0. The fourth-order valence-electron chi connectivity index (χ4n) is 2.18. The van der Waals surface area contributed by atoms with E-state index in [4.69, 9.17) is 5.73 Å². The van der Waals surface area contributed by atoms with E-state index in [0.29, 0.717) is 18.4 Å². The van der Waals surface area contributed by atoms with Gasteiger partial charge >= 0.3 is 0 Å². The summed E-state index contributed by atoms with van der Waals surface area (Å²) in [6.07, 6.45) is 2.05. The minimum atomic E-state index is -0.0394. The predicted molar refractivity (Wildman–Crippen MR) is 57.5 cm³/mol. The van der Waals surface area contributed by atoms with Gasteiger partial charge in [0, 0.05) is 18.6 Å². The second kappa shape index (κ2) is 5.61. The van der Waals surface area contributed by atoms with Crippen LogP contribution in [0, 0.1) is 17.3 Å². The quantitative estimate of drug-likeness (QED) is 0.668. The van der Waals surface area contributed by atoms with E-state index < -0.39 is 0 Å². The summed E-state index contributed by atoms with van der Waals surface area (Å²) in [4.78, 5) is 0. The van der Waals surface area contributed by atoms with Crippen molar-refractivity contribution in [3.63, 3.8) is 0 Å². The van der Waals surface area contributed by atoms with Crippen LogP contribution in [-0.4, -0.2) is 18.3 Å². The molecular weight excluding hydrogens is 162 g/mol. The molecule has 0 spiro atoms. The second-order valence-electron chi connectivity index (χ2n) is 5.06. The highest BCUT2D eigenvalue weighted by atomic mass is 16.3. The van der Waals surface area contributed by atoms with E-state index in [1.807, 2.05) is 0 Å². The molecule has 13 heavy (non-hydrogen) atoms. The van der Waals surface area contributed by atoms with E-state index in [2.05, 4.69) is 27.7 Å². The third kappa shape index (κ3) is 4.63. The summed E-state index contributed by atoms with van der Waals surface area (Å²) < 4.78 is 0. The van der Waals surface area contributed by atoms with Crippen molar-refractivity contribution in [3.05, 3.63) is 0 Å². The Hall–Kier alpha value is -0.0800. The van der Waals surface area contributed by atoms with Gasteiger partial charge in [-0.05, 0) is 24.7 Å². The summed E-state index contributed by atoms with van der Waals surface area (Å²) in [7, 11) is 0. The summed E-state index contributed by atoms with van der Waals surface area (Å²) in [6, 6.07) is 0. The molecule has 0 aromatic heterocycles. The van der Waals surface area contributed by atoms with Gasteiger partial charge in [0.1, 0.15) is 0 Å². The molecule has 0 saturated carbocycles. The van der Waals surface area contributed by atoms with Crippen LogP contribution in [0.15, 0.2) is 0 Å². The van der Waals surface area contributed by atoms with Crippen LogP contribution in [0.1, 0.15) is 40.5 Å². The Morgan fingerprint density at radius 2 is 1.46 bits per heavy atom. The van der Waals surface area contributed by atoms with E-state index in [0.717, 1.165) is 12.8 Å². The third-order valence-corrected chi connectivity index (χ3v) is 2.45. The smallest absolute Gasteiger partial charge is 0.0499 e. The fourth-order valence-corrected chi connectivity index (χ4v) is 2.18. The van der Waals surface area contributed by atoms with Crippen molar-refractivity contribution in [1.82, 2.24) is 0 Å². The van der Waals surface area contributed by atoms with Crippen molar-refractivity contribution < 1.29 is 5.11 Å². The number of aliphatic hydroxyl groups is 1. The fraction of sp³-hybridized carbons (Fsp3) is 1.00.